The molecule has 3 N–H and O–H groups in total. The van der Waals surface area contributed by atoms with E-state index in [1.54, 1.807) is 27.7 Å². The normalized spacial score (nSPS) is 21.4. The highest BCUT2D eigenvalue weighted by Crippen LogP contribution is 2.37. The molecule has 1 aliphatic heterocycles. The van der Waals surface area contributed by atoms with Crippen molar-refractivity contribution in [3.8, 4) is 0 Å². The molecule has 3 amide bonds. The zero-order valence-electron chi connectivity index (χ0n) is 17.1. The summed E-state index contributed by atoms with van der Waals surface area (Å²) in [6.07, 6.45) is 1.38. The number of carbonyl (C=O) groups is 4. The summed E-state index contributed by atoms with van der Waals surface area (Å²) in [6, 6.07) is -0.592. The second kappa shape index (κ2) is 8.06. The summed E-state index contributed by atoms with van der Waals surface area (Å²) in [5, 5.41) is 15.0. The molecule has 158 valence electrons. The van der Waals surface area contributed by atoms with E-state index < -0.39 is 35.4 Å². The molecule has 0 aromatic heterocycles. The number of piperidine rings is 1. The second-order valence-corrected chi connectivity index (χ2v) is 8.82. The van der Waals surface area contributed by atoms with E-state index in [1.165, 1.54) is 4.90 Å². The van der Waals surface area contributed by atoms with Gasteiger partial charge in [-0.2, -0.15) is 0 Å². The molecule has 2 aliphatic rings. The van der Waals surface area contributed by atoms with E-state index >= 15 is 0 Å². The molecule has 2 fully saturated rings. The van der Waals surface area contributed by atoms with Crippen LogP contribution in [0, 0.1) is 0 Å². The van der Waals surface area contributed by atoms with Gasteiger partial charge in [0.1, 0.15) is 5.60 Å². The highest BCUT2D eigenvalue weighted by molar-refractivity contribution is 6.18. The first kappa shape index (κ1) is 22.1. The van der Waals surface area contributed by atoms with Gasteiger partial charge in [0.15, 0.2) is 17.1 Å². The maximum absolute atomic E-state index is 13.0. The summed E-state index contributed by atoms with van der Waals surface area (Å²) in [6.45, 7) is 6.52. The number of hydrogen-bond acceptors (Lipinski definition) is 6. The third kappa shape index (κ3) is 4.63. The van der Waals surface area contributed by atoms with E-state index in [0.29, 0.717) is 25.8 Å². The monoisotopic (exact) mass is 397 g/mol. The number of aliphatic hydroxyl groups excluding tert-OH is 1. The second-order valence-electron chi connectivity index (χ2n) is 8.82. The number of carbonyl (C=O) groups excluding carboxylic acids is 4. The van der Waals surface area contributed by atoms with Crippen LogP contribution in [0.25, 0.3) is 0 Å². The highest BCUT2D eigenvalue weighted by Gasteiger charge is 2.56. The van der Waals surface area contributed by atoms with Crippen molar-refractivity contribution in [2.24, 2.45) is 0 Å². The van der Waals surface area contributed by atoms with E-state index in [4.69, 9.17) is 4.74 Å². The van der Waals surface area contributed by atoms with Crippen LogP contribution in [0.15, 0.2) is 0 Å². The zero-order chi connectivity index (χ0) is 21.2. The topological polar surface area (TPSA) is 125 Å². The van der Waals surface area contributed by atoms with Gasteiger partial charge in [-0.25, -0.2) is 9.59 Å². The minimum Gasteiger partial charge on any atom is -0.444 e. The average molecular weight is 397 g/mol. The molecule has 0 unspecified atom stereocenters. The fourth-order valence-corrected chi connectivity index (χ4v) is 3.67. The molecule has 2 rings (SSSR count). The Kier molecular flexibility index (Phi) is 6.37. The fourth-order valence-electron chi connectivity index (χ4n) is 3.67. The maximum Gasteiger partial charge on any atom is 0.407 e. The van der Waals surface area contributed by atoms with Gasteiger partial charge in [0, 0.05) is 25.9 Å². The molecule has 1 atom stereocenters. The van der Waals surface area contributed by atoms with Gasteiger partial charge in [-0.15, -0.1) is 0 Å². The van der Waals surface area contributed by atoms with Crippen LogP contribution >= 0.6 is 0 Å². The Labute approximate surface area is 165 Å². The first-order valence-electron chi connectivity index (χ1n) is 9.68. The zero-order valence-corrected chi connectivity index (χ0v) is 17.1. The Hall–Kier alpha value is -2.16. The van der Waals surface area contributed by atoms with Gasteiger partial charge in [0.05, 0.1) is 12.1 Å². The number of hydrogen-bond donors (Lipinski definition) is 3. The molecule has 9 nitrogen and oxygen atoms in total. The number of likely N-dealkylation sites (tertiary alicyclic amines) is 1. The minimum absolute atomic E-state index is 0.0765. The molecular formula is C19H31N3O6. The molecule has 0 radical (unpaired) electrons. The van der Waals surface area contributed by atoms with Crippen LogP contribution < -0.4 is 10.6 Å². The van der Waals surface area contributed by atoms with Crippen molar-refractivity contribution in [2.45, 2.75) is 76.5 Å². The smallest absolute Gasteiger partial charge is 0.407 e. The number of aliphatic hydroxyl groups is 1. The Balaban J connectivity index is 2.08. The number of Topliss-reactive ketones (excluding diaryl/α,β-unsaturated/α-hetero) is 2. The predicted octanol–water partition coefficient (Wildman–Crippen LogP) is 1.13. The van der Waals surface area contributed by atoms with Gasteiger partial charge >= 0.3 is 12.1 Å². The third-order valence-electron chi connectivity index (χ3n) is 5.16. The van der Waals surface area contributed by atoms with Crippen LogP contribution in [-0.4, -0.2) is 70.1 Å². The summed E-state index contributed by atoms with van der Waals surface area (Å²) in [5.74, 6) is -0.435. The largest absolute Gasteiger partial charge is 0.444 e. The molecule has 1 aliphatic carbocycles. The lowest BCUT2D eigenvalue weighted by Crippen LogP contribution is -2.67. The Morgan fingerprint density at radius 1 is 1.14 bits per heavy atom. The highest BCUT2D eigenvalue weighted by atomic mass is 16.6. The van der Waals surface area contributed by atoms with Crippen molar-refractivity contribution in [1.82, 2.24) is 15.5 Å². The maximum atomic E-state index is 13.0. The number of alkyl carbamates (subject to hydrolysis) is 1. The van der Waals surface area contributed by atoms with Crippen LogP contribution in [0.4, 0.5) is 9.59 Å². The first-order chi connectivity index (χ1) is 12.9. The van der Waals surface area contributed by atoms with Gasteiger partial charge in [-0.05, 0) is 47.0 Å². The number of ether oxygens (including phenoxy) is 1. The van der Waals surface area contributed by atoms with Crippen molar-refractivity contribution in [3.05, 3.63) is 0 Å². The quantitative estimate of drug-likeness (QED) is 0.611. The van der Waals surface area contributed by atoms with Gasteiger partial charge in [0.25, 0.3) is 0 Å². The molecule has 0 bridgehead atoms. The molecule has 1 saturated carbocycles. The van der Waals surface area contributed by atoms with Crippen LogP contribution in [0.3, 0.4) is 0 Å². The number of ketones is 2. The van der Waals surface area contributed by atoms with Gasteiger partial charge < -0.3 is 25.4 Å². The number of rotatable bonds is 4. The first-order valence-corrected chi connectivity index (χ1v) is 9.68. The molecule has 0 aromatic rings. The van der Waals surface area contributed by atoms with Crippen molar-refractivity contribution in [3.63, 3.8) is 0 Å². The Morgan fingerprint density at radius 2 is 1.75 bits per heavy atom. The molecule has 0 aromatic carbocycles. The van der Waals surface area contributed by atoms with E-state index in [1.807, 2.05) is 0 Å². The number of amides is 3. The molecular weight excluding hydrogens is 366 g/mol. The number of urea groups is 1. The van der Waals surface area contributed by atoms with Crippen molar-refractivity contribution >= 4 is 23.7 Å². The Morgan fingerprint density at radius 3 is 2.29 bits per heavy atom. The van der Waals surface area contributed by atoms with Crippen molar-refractivity contribution in [2.75, 3.05) is 19.7 Å². The van der Waals surface area contributed by atoms with Crippen molar-refractivity contribution in [1.29, 1.82) is 0 Å². The van der Waals surface area contributed by atoms with Gasteiger partial charge in [-0.3, -0.25) is 9.59 Å². The van der Waals surface area contributed by atoms with Crippen LogP contribution in [0.2, 0.25) is 0 Å². The molecule has 9 heteroatoms. The van der Waals surface area contributed by atoms with E-state index in [2.05, 4.69) is 10.6 Å². The van der Waals surface area contributed by atoms with E-state index in [-0.39, 0.29) is 31.0 Å². The summed E-state index contributed by atoms with van der Waals surface area (Å²) in [4.78, 5) is 51.1. The molecule has 1 saturated heterocycles. The SMILES string of the molecule is CC(C)(C)OC(=O)NC[C@](C)(CO)NC(=O)N1CCCCC12C(=O)CCC2=O. The van der Waals surface area contributed by atoms with Gasteiger partial charge in [-0.1, -0.05) is 0 Å². The summed E-state index contributed by atoms with van der Waals surface area (Å²) in [5.41, 5.74) is -3.24. The standard InChI is InChI=1S/C19H31N3O6/c1-17(2,3)28-16(27)20-11-18(4,12-23)21-15(26)22-10-6-5-9-19(22)13(24)7-8-14(19)25/h23H,5-12H2,1-4H3,(H,20,27)(H,21,26)/t18-/m1/s1. The van der Waals surface area contributed by atoms with E-state index in [9.17, 15) is 24.3 Å². The lowest BCUT2D eigenvalue weighted by atomic mass is 9.83. The minimum atomic E-state index is -1.38. The summed E-state index contributed by atoms with van der Waals surface area (Å²) < 4.78 is 5.16. The van der Waals surface area contributed by atoms with Crippen LogP contribution in [-0.2, 0) is 14.3 Å². The van der Waals surface area contributed by atoms with E-state index in [0.717, 1.165) is 0 Å². The predicted molar refractivity (Wildman–Crippen MR) is 101 cm³/mol. The fraction of sp³-hybridized carbons (Fsp3) is 0.789. The van der Waals surface area contributed by atoms with Crippen molar-refractivity contribution < 1.29 is 29.0 Å². The van der Waals surface area contributed by atoms with Gasteiger partial charge in [0.2, 0.25) is 0 Å². The number of nitrogens with zero attached hydrogens (tertiary/aromatic N) is 1. The lowest BCUT2D eigenvalue weighted by Gasteiger charge is -2.43. The number of nitrogens with one attached hydrogen (secondary N) is 2. The van der Waals surface area contributed by atoms with Crippen LogP contribution in [0.5, 0.6) is 0 Å². The molecule has 1 spiro atoms. The average Bonchev–Trinajstić information content (AvgIpc) is 2.88. The lowest BCUT2D eigenvalue weighted by molar-refractivity contribution is -0.138. The summed E-state index contributed by atoms with van der Waals surface area (Å²) >= 11 is 0. The summed E-state index contributed by atoms with van der Waals surface area (Å²) in [7, 11) is 0. The van der Waals surface area contributed by atoms with Crippen LogP contribution in [0.1, 0.15) is 59.8 Å². The third-order valence-corrected chi connectivity index (χ3v) is 5.16. The molecule has 1 heterocycles. The molecule has 28 heavy (non-hydrogen) atoms. The Bertz CT molecular complexity index is 641.